The highest BCUT2D eigenvalue weighted by Gasteiger charge is 2.20. The largest absolute Gasteiger partial charge is 0.472 e. The van der Waals surface area contributed by atoms with E-state index in [2.05, 4.69) is 12.2 Å². The van der Waals surface area contributed by atoms with Gasteiger partial charge in [0.2, 0.25) is 5.91 Å². The van der Waals surface area contributed by atoms with Gasteiger partial charge >= 0.3 is 7.82 Å². The molecule has 2 atom stereocenters. The van der Waals surface area contributed by atoms with Crippen molar-refractivity contribution in [2.45, 2.75) is 155 Å². The van der Waals surface area contributed by atoms with Gasteiger partial charge in [-0.1, -0.05) is 116 Å². The molecular weight excluding hydrogens is 529 g/mol. The quantitative estimate of drug-likeness (QED) is 0.0321. The van der Waals surface area contributed by atoms with Crippen LogP contribution in [0.3, 0.4) is 0 Å². The van der Waals surface area contributed by atoms with Crippen molar-refractivity contribution in [3.63, 3.8) is 0 Å². The lowest BCUT2D eigenvalue weighted by molar-refractivity contribution is -0.118. The molecule has 0 heterocycles. The van der Waals surface area contributed by atoms with E-state index in [0.717, 1.165) is 44.9 Å². The Kier molecular flexibility index (Phi) is 29.2. The average Bonchev–Trinajstić information content (AvgIpc) is 2.91. The smallest absolute Gasteiger partial charge is 0.365 e. The lowest BCUT2D eigenvalue weighted by Crippen LogP contribution is -2.20. The predicted octanol–water partition coefficient (Wildman–Crippen LogP) is 8.36. The third kappa shape index (κ3) is 31.8. The molecule has 0 saturated heterocycles. The second-order valence-electron chi connectivity index (χ2n) is 10.8. The number of ether oxygens (including phenoxy) is 1. The predicted molar refractivity (Wildman–Crippen MR) is 164 cm³/mol. The standard InChI is InChI=1S/C31H62NO7P/c1-3-4-5-6-7-8-9-10-11-12-13-14-15-18-21-25-31(34)37-27-24-29-39-40(35,36)38-28-23-20-17-16-19-22-26-32-30(2)33/h21,25,31,34H,3-20,22-24,26-29H2,1-2H3,(H,32,33)(H,35,36)/b25-21+. The van der Waals surface area contributed by atoms with Crippen molar-refractivity contribution in [1.29, 1.82) is 0 Å². The van der Waals surface area contributed by atoms with Gasteiger partial charge in [-0.25, -0.2) is 4.57 Å². The summed E-state index contributed by atoms with van der Waals surface area (Å²) in [7, 11) is -4.05. The van der Waals surface area contributed by atoms with Crippen molar-refractivity contribution in [3.8, 4) is 0 Å². The molecule has 0 bridgehead atoms. The van der Waals surface area contributed by atoms with Crippen molar-refractivity contribution in [2.75, 3.05) is 26.4 Å². The molecule has 40 heavy (non-hydrogen) atoms. The molecule has 9 heteroatoms. The first-order chi connectivity index (χ1) is 19.4. The van der Waals surface area contributed by atoms with Crippen LogP contribution in [0, 0.1) is 0 Å². The van der Waals surface area contributed by atoms with Gasteiger partial charge in [-0.05, 0) is 38.2 Å². The van der Waals surface area contributed by atoms with Crippen LogP contribution < -0.4 is 5.32 Å². The van der Waals surface area contributed by atoms with Crippen LogP contribution in [0.25, 0.3) is 0 Å². The van der Waals surface area contributed by atoms with Gasteiger partial charge in [0, 0.05) is 13.5 Å². The molecule has 0 spiro atoms. The molecule has 1 amide bonds. The fourth-order valence-electron chi connectivity index (χ4n) is 4.41. The first kappa shape index (κ1) is 39.2. The second-order valence-corrected chi connectivity index (χ2v) is 12.3. The third-order valence-electron chi connectivity index (χ3n) is 6.81. The Morgan fingerprint density at radius 3 is 1.75 bits per heavy atom. The van der Waals surface area contributed by atoms with Crippen molar-refractivity contribution in [2.24, 2.45) is 0 Å². The molecule has 2 unspecified atom stereocenters. The molecule has 0 radical (unpaired) electrons. The van der Waals surface area contributed by atoms with Gasteiger partial charge in [-0.15, -0.1) is 0 Å². The monoisotopic (exact) mass is 591 g/mol. The summed E-state index contributed by atoms with van der Waals surface area (Å²) >= 11 is 0. The number of allylic oxidation sites excluding steroid dienone is 1. The zero-order valence-electron chi connectivity index (χ0n) is 25.8. The number of hydrogen-bond donors (Lipinski definition) is 3. The van der Waals surface area contributed by atoms with Crippen LogP contribution in [0.5, 0.6) is 0 Å². The van der Waals surface area contributed by atoms with Crippen molar-refractivity contribution >= 4 is 13.7 Å². The fraction of sp³-hybridized carbons (Fsp3) is 0.903. The zero-order valence-corrected chi connectivity index (χ0v) is 26.7. The van der Waals surface area contributed by atoms with Crippen LogP contribution in [-0.2, 0) is 23.1 Å². The summed E-state index contributed by atoms with van der Waals surface area (Å²) in [6.45, 7) is 4.92. The molecule has 238 valence electrons. The number of carbonyl (C=O) groups is 1. The van der Waals surface area contributed by atoms with Gasteiger partial charge in [0.25, 0.3) is 0 Å². The lowest BCUT2D eigenvalue weighted by atomic mass is 10.0. The number of phosphoric ester groups is 1. The summed E-state index contributed by atoms with van der Waals surface area (Å²) in [5.74, 6) is 0.000602. The van der Waals surface area contributed by atoms with E-state index in [9.17, 15) is 19.4 Å². The first-order valence-electron chi connectivity index (χ1n) is 16.2. The van der Waals surface area contributed by atoms with E-state index in [1.807, 2.05) is 6.08 Å². The van der Waals surface area contributed by atoms with Gasteiger partial charge < -0.3 is 20.1 Å². The van der Waals surface area contributed by atoms with Crippen LogP contribution in [0.4, 0.5) is 0 Å². The van der Waals surface area contributed by atoms with E-state index in [0.29, 0.717) is 19.4 Å². The first-order valence-corrected chi connectivity index (χ1v) is 17.7. The van der Waals surface area contributed by atoms with Crippen LogP contribution in [-0.4, -0.2) is 48.6 Å². The fourth-order valence-corrected chi connectivity index (χ4v) is 5.20. The number of rotatable bonds is 31. The van der Waals surface area contributed by atoms with Gasteiger partial charge in [-0.3, -0.25) is 13.8 Å². The van der Waals surface area contributed by atoms with Gasteiger partial charge in [0.05, 0.1) is 19.8 Å². The van der Waals surface area contributed by atoms with Crippen molar-refractivity contribution < 1.29 is 33.1 Å². The number of amides is 1. The third-order valence-corrected chi connectivity index (χ3v) is 7.82. The normalized spacial score (nSPS) is 14.0. The van der Waals surface area contributed by atoms with Gasteiger partial charge in [-0.2, -0.15) is 0 Å². The topological polar surface area (TPSA) is 114 Å². The molecule has 0 aromatic rings. The molecule has 0 aromatic heterocycles. The van der Waals surface area contributed by atoms with Crippen LogP contribution >= 0.6 is 7.82 Å². The number of aliphatic hydroxyl groups excluding tert-OH is 1. The lowest BCUT2D eigenvalue weighted by Gasteiger charge is -2.13. The molecule has 0 saturated carbocycles. The van der Waals surface area contributed by atoms with E-state index in [-0.39, 0.29) is 25.7 Å². The molecule has 0 fully saturated rings. The molecular formula is C31H62NO7P. The van der Waals surface area contributed by atoms with Gasteiger partial charge in [0.1, 0.15) is 0 Å². The SMILES string of the molecule is CCCCCCCCCCCCCCC/C=C/C(O)OCCCOP(=O)(O)OCCCCCCCCNC(C)=O. The van der Waals surface area contributed by atoms with E-state index in [1.165, 1.54) is 84.0 Å². The maximum Gasteiger partial charge on any atom is 0.472 e. The van der Waals surface area contributed by atoms with E-state index in [1.54, 1.807) is 6.08 Å². The Labute approximate surface area is 245 Å². The highest BCUT2D eigenvalue weighted by Crippen LogP contribution is 2.43. The Bertz CT molecular complexity index is 633. The molecule has 0 aliphatic carbocycles. The molecule has 3 N–H and O–H groups in total. The number of hydrogen-bond acceptors (Lipinski definition) is 6. The number of aliphatic hydroxyl groups is 1. The van der Waals surface area contributed by atoms with E-state index < -0.39 is 14.1 Å². The number of phosphoric acid groups is 1. The summed E-state index contributed by atoms with van der Waals surface area (Å²) < 4.78 is 27.2. The van der Waals surface area contributed by atoms with Crippen molar-refractivity contribution in [1.82, 2.24) is 5.32 Å². The Morgan fingerprint density at radius 1 is 0.725 bits per heavy atom. The number of nitrogens with one attached hydrogen (secondary N) is 1. The highest BCUT2D eigenvalue weighted by molar-refractivity contribution is 7.47. The maximum absolute atomic E-state index is 11.9. The molecule has 0 aromatic carbocycles. The minimum atomic E-state index is -4.05. The van der Waals surface area contributed by atoms with E-state index >= 15 is 0 Å². The molecule has 0 aliphatic rings. The Balaban J connectivity index is 3.46. The summed E-state index contributed by atoms with van der Waals surface area (Å²) in [6, 6.07) is 0. The minimum absolute atomic E-state index is 0.000602. The second kappa shape index (κ2) is 29.7. The summed E-state index contributed by atoms with van der Waals surface area (Å²) in [5.41, 5.74) is 0. The van der Waals surface area contributed by atoms with Crippen LogP contribution in [0.15, 0.2) is 12.2 Å². The molecule has 0 rings (SSSR count). The summed E-state index contributed by atoms with van der Waals surface area (Å²) in [4.78, 5) is 20.5. The average molecular weight is 592 g/mol. The Morgan fingerprint density at radius 2 is 1.20 bits per heavy atom. The number of unbranched alkanes of at least 4 members (excludes halogenated alkanes) is 18. The Hall–Kier alpha value is -0.760. The van der Waals surface area contributed by atoms with E-state index in [4.69, 9.17) is 13.8 Å². The summed E-state index contributed by atoms with van der Waals surface area (Å²) in [5, 5.41) is 12.7. The number of carbonyl (C=O) groups excluding carboxylic acids is 1. The molecule has 8 nitrogen and oxygen atoms in total. The summed E-state index contributed by atoms with van der Waals surface area (Å²) in [6.07, 6.45) is 27.1. The highest BCUT2D eigenvalue weighted by atomic mass is 31.2. The maximum atomic E-state index is 11.9. The minimum Gasteiger partial charge on any atom is -0.365 e. The van der Waals surface area contributed by atoms with Crippen LogP contribution in [0.1, 0.15) is 149 Å². The van der Waals surface area contributed by atoms with Crippen LogP contribution in [0.2, 0.25) is 0 Å². The van der Waals surface area contributed by atoms with Crippen molar-refractivity contribution in [3.05, 3.63) is 12.2 Å². The molecule has 0 aliphatic heterocycles. The van der Waals surface area contributed by atoms with Gasteiger partial charge in [0.15, 0.2) is 6.29 Å². The zero-order chi connectivity index (χ0) is 29.6.